The third-order valence-corrected chi connectivity index (χ3v) is 11.3. The van der Waals surface area contributed by atoms with Crippen molar-refractivity contribution in [2.75, 3.05) is 27.3 Å². The van der Waals surface area contributed by atoms with E-state index >= 15 is 0 Å². The van der Waals surface area contributed by atoms with E-state index in [1.807, 2.05) is 35.1 Å². The Balaban J connectivity index is 0.976. The summed E-state index contributed by atoms with van der Waals surface area (Å²) in [6.45, 7) is 3.18. The topological polar surface area (TPSA) is 188 Å². The molecule has 15 nitrogen and oxygen atoms in total. The van der Waals surface area contributed by atoms with Crippen molar-refractivity contribution in [2.45, 2.75) is 82.5 Å². The van der Waals surface area contributed by atoms with Crippen molar-refractivity contribution in [3.63, 3.8) is 0 Å². The van der Waals surface area contributed by atoms with Crippen LogP contribution in [0.1, 0.15) is 82.0 Å². The second-order valence-corrected chi connectivity index (χ2v) is 15.0. The summed E-state index contributed by atoms with van der Waals surface area (Å²) in [4.78, 5) is 76.1. The predicted molar refractivity (Wildman–Crippen MR) is 208 cm³/mol. The van der Waals surface area contributed by atoms with Crippen LogP contribution in [0, 0.1) is 5.92 Å². The van der Waals surface area contributed by atoms with E-state index in [9.17, 15) is 19.2 Å². The fraction of sp³-hybridized carbons (Fsp3) is 0.439. The first-order chi connectivity index (χ1) is 27.2. The molecule has 56 heavy (non-hydrogen) atoms. The van der Waals surface area contributed by atoms with E-state index in [0.717, 1.165) is 95.1 Å². The Kier molecular flexibility index (Phi) is 10.3. The number of benzene rings is 2. The molecule has 0 spiro atoms. The van der Waals surface area contributed by atoms with Gasteiger partial charge in [-0.25, -0.2) is 19.6 Å². The normalized spacial score (nSPS) is 19.3. The van der Waals surface area contributed by atoms with E-state index in [4.69, 9.17) is 24.4 Å². The summed E-state index contributed by atoms with van der Waals surface area (Å²) in [5, 5.41) is 7.56. The molecule has 292 valence electrons. The summed E-state index contributed by atoms with van der Waals surface area (Å²) in [6.07, 6.45) is 8.74. The van der Waals surface area contributed by atoms with Gasteiger partial charge in [0, 0.05) is 24.2 Å². The number of hydrogen-bond acceptors (Lipinski definition) is 9. The number of hydrogen-bond donors (Lipinski definition) is 4. The van der Waals surface area contributed by atoms with Crippen molar-refractivity contribution < 1.29 is 28.7 Å². The fourth-order valence-electron chi connectivity index (χ4n) is 8.22. The van der Waals surface area contributed by atoms with E-state index < -0.39 is 24.3 Å². The van der Waals surface area contributed by atoms with E-state index in [2.05, 4.69) is 50.9 Å². The van der Waals surface area contributed by atoms with Crippen LogP contribution in [0.3, 0.4) is 0 Å². The number of rotatable bonds is 11. The van der Waals surface area contributed by atoms with Gasteiger partial charge >= 0.3 is 12.2 Å². The highest BCUT2D eigenvalue weighted by molar-refractivity contribution is 5.91. The van der Waals surface area contributed by atoms with Gasteiger partial charge in [0.2, 0.25) is 11.8 Å². The molecule has 0 radical (unpaired) electrons. The molecule has 2 saturated heterocycles. The molecule has 4 N–H and O–H groups in total. The minimum atomic E-state index is -0.657. The summed E-state index contributed by atoms with van der Waals surface area (Å²) in [6, 6.07) is 12.8. The first-order valence-electron chi connectivity index (χ1n) is 19.5. The zero-order valence-corrected chi connectivity index (χ0v) is 31.8. The maximum atomic E-state index is 13.6. The second-order valence-electron chi connectivity index (χ2n) is 15.0. The molecule has 3 aromatic heterocycles. The molecule has 3 aliphatic rings. The van der Waals surface area contributed by atoms with Gasteiger partial charge in [-0.2, -0.15) is 0 Å². The highest BCUT2D eigenvalue weighted by Gasteiger charge is 2.43. The molecule has 1 aliphatic carbocycles. The molecule has 15 heteroatoms. The summed E-state index contributed by atoms with van der Waals surface area (Å²) >= 11 is 0. The summed E-state index contributed by atoms with van der Waals surface area (Å²) in [5.74, 6) is 1.37. The van der Waals surface area contributed by atoms with Gasteiger partial charge < -0.3 is 39.9 Å². The molecular weight excluding hydrogens is 715 g/mol. The van der Waals surface area contributed by atoms with E-state index in [1.54, 1.807) is 6.20 Å². The Bertz CT molecular complexity index is 2280. The molecular formula is C41H47N9O6. The number of imidazole rings is 2. The van der Waals surface area contributed by atoms with Crippen LogP contribution >= 0.6 is 0 Å². The van der Waals surface area contributed by atoms with Crippen LogP contribution in [0.4, 0.5) is 9.59 Å². The van der Waals surface area contributed by atoms with Crippen molar-refractivity contribution in [3.05, 3.63) is 66.5 Å². The zero-order valence-electron chi connectivity index (χ0n) is 31.8. The van der Waals surface area contributed by atoms with Gasteiger partial charge in [0.25, 0.3) is 0 Å². The number of aromatic nitrogens is 5. The zero-order chi connectivity index (χ0) is 38.9. The van der Waals surface area contributed by atoms with Gasteiger partial charge in [-0.3, -0.25) is 14.6 Å². The van der Waals surface area contributed by atoms with Crippen LogP contribution in [0.5, 0.6) is 0 Å². The van der Waals surface area contributed by atoms with Gasteiger partial charge in [0.1, 0.15) is 23.7 Å². The van der Waals surface area contributed by atoms with Crippen molar-refractivity contribution in [3.8, 4) is 22.5 Å². The molecule has 4 atom stereocenters. The highest BCUT2D eigenvalue weighted by atomic mass is 16.5. The third-order valence-electron chi connectivity index (χ3n) is 11.3. The lowest BCUT2D eigenvalue weighted by atomic mass is 10.0. The Labute approximate surface area is 323 Å². The van der Waals surface area contributed by atoms with E-state index in [-0.39, 0.29) is 29.8 Å². The number of nitrogens with zero attached hydrogens (tertiary/aromatic N) is 5. The number of fused-ring (bicyclic) bond motifs is 2. The van der Waals surface area contributed by atoms with E-state index in [0.29, 0.717) is 25.3 Å². The molecule has 2 aliphatic heterocycles. The number of carbonyl (C=O) groups excluding carboxylic acids is 4. The molecule has 0 bridgehead atoms. The third kappa shape index (κ3) is 7.37. The molecule has 5 heterocycles. The predicted octanol–water partition coefficient (Wildman–Crippen LogP) is 6.15. The Hall–Kier alpha value is -5.99. The van der Waals surface area contributed by atoms with Gasteiger partial charge in [-0.1, -0.05) is 37.6 Å². The number of pyridine rings is 1. The minimum Gasteiger partial charge on any atom is -0.453 e. The smallest absolute Gasteiger partial charge is 0.407 e. The highest BCUT2D eigenvalue weighted by Crippen LogP contribution is 2.38. The molecule has 0 unspecified atom stereocenters. The van der Waals surface area contributed by atoms with Crippen molar-refractivity contribution in [1.82, 2.24) is 45.4 Å². The maximum absolute atomic E-state index is 13.6. The Morgan fingerprint density at radius 1 is 0.786 bits per heavy atom. The standard InChI is InChI=1S/C41H47N9O6/c1-4-7-28(47-40(53)55-2)38(51)49-16-6-9-34(49)37-44-30-20-29(42-22-32(30)46-37)26-14-12-25-19-27(15-13-24(25)18-26)31-21-43-36(45-31)33-8-5-17-50(33)39(52)35(23-10-11-23)48-41(54)56-3/h12-15,18-23,28,33-35H,4-11,16-17H2,1-3H3,(H,43,45)(H,44,46)(H,47,53)(H,48,54)/t28-,33-,34-,35-/m0/s1. The van der Waals surface area contributed by atoms with Gasteiger partial charge in [0.05, 0.1) is 61.1 Å². The minimum absolute atomic E-state index is 0.0829. The first-order valence-corrected chi connectivity index (χ1v) is 19.5. The van der Waals surface area contributed by atoms with Crippen molar-refractivity contribution in [1.29, 1.82) is 0 Å². The van der Waals surface area contributed by atoms with Crippen molar-refractivity contribution >= 4 is 45.8 Å². The fourth-order valence-corrected chi connectivity index (χ4v) is 8.22. The largest absolute Gasteiger partial charge is 0.453 e. The number of aromatic amines is 2. The van der Waals surface area contributed by atoms with Crippen LogP contribution < -0.4 is 10.6 Å². The quantitative estimate of drug-likeness (QED) is 0.122. The summed E-state index contributed by atoms with van der Waals surface area (Å²) in [7, 11) is 2.60. The lowest BCUT2D eigenvalue weighted by Crippen LogP contribution is -2.49. The summed E-state index contributed by atoms with van der Waals surface area (Å²) < 4.78 is 9.55. The molecule has 2 aromatic carbocycles. The Morgan fingerprint density at radius 3 is 2.14 bits per heavy atom. The SMILES string of the molecule is CCC[C@H](NC(=O)OC)C(=O)N1CCC[C@H]1c1nc2cc(-c3ccc4cc(-c5cnc([C@@H]6CCCN6C(=O)[C@@H](NC(=O)OC)C6CC6)[nH]5)ccc4c3)ncc2[nH]1. The van der Waals surface area contributed by atoms with E-state index in [1.165, 1.54) is 14.2 Å². The molecule has 3 fully saturated rings. The molecule has 8 rings (SSSR count). The lowest BCUT2D eigenvalue weighted by molar-refractivity contribution is -0.135. The van der Waals surface area contributed by atoms with Crippen LogP contribution in [-0.4, -0.2) is 98.1 Å². The number of carbonyl (C=O) groups is 4. The summed E-state index contributed by atoms with van der Waals surface area (Å²) in [5.41, 5.74) is 5.13. The number of H-pyrrole nitrogens is 2. The Morgan fingerprint density at radius 2 is 1.45 bits per heavy atom. The maximum Gasteiger partial charge on any atom is 0.407 e. The number of ether oxygens (including phenoxy) is 2. The van der Waals surface area contributed by atoms with Gasteiger partial charge in [-0.05, 0) is 79.8 Å². The second kappa shape index (κ2) is 15.6. The number of alkyl carbamates (subject to hydrolysis) is 2. The first kappa shape index (κ1) is 37.0. The average molecular weight is 762 g/mol. The van der Waals surface area contributed by atoms with Crippen molar-refractivity contribution in [2.24, 2.45) is 5.92 Å². The number of amides is 4. The average Bonchev–Trinajstić information content (AvgIpc) is 3.65. The number of likely N-dealkylation sites (tertiary alicyclic amines) is 2. The molecule has 4 amide bonds. The van der Waals surface area contributed by atoms with Crippen LogP contribution in [0.25, 0.3) is 44.3 Å². The van der Waals surface area contributed by atoms with Gasteiger partial charge in [0.15, 0.2) is 0 Å². The number of methoxy groups -OCH3 is 2. The van der Waals surface area contributed by atoms with Crippen LogP contribution in [-0.2, 0) is 19.1 Å². The number of nitrogens with one attached hydrogen (secondary N) is 4. The molecule has 5 aromatic rings. The van der Waals surface area contributed by atoms with Crippen LogP contribution in [0.15, 0.2) is 54.9 Å². The lowest BCUT2D eigenvalue weighted by Gasteiger charge is -2.28. The van der Waals surface area contributed by atoms with Crippen LogP contribution in [0.2, 0.25) is 0 Å². The van der Waals surface area contributed by atoms with Gasteiger partial charge in [-0.15, -0.1) is 0 Å². The molecule has 1 saturated carbocycles. The monoisotopic (exact) mass is 761 g/mol.